The van der Waals surface area contributed by atoms with Gasteiger partial charge in [-0.3, -0.25) is 10.1 Å². The average Bonchev–Trinajstić information content (AvgIpc) is 2.90. The number of benzene rings is 1. The first-order chi connectivity index (χ1) is 9.11. The highest BCUT2D eigenvalue weighted by Crippen LogP contribution is 2.32. The van der Waals surface area contributed by atoms with E-state index < -0.39 is 10.7 Å². The number of ether oxygens (including phenoxy) is 1. The normalized spacial score (nSPS) is 18.3. The van der Waals surface area contributed by atoms with Gasteiger partial charge in [-0.15, -0.1) is 0 Å². The van der Waals surface area contributed by atoms with E-state index in [4.69, 9.17) is 4.74 Å². The Morgan fingerprint density at radius 2 is 2.42 bits per heavy atom. The number of nitrogens with zero attached hydrogens (tertiary/aromatic N) is 1. The van der Waals surface area contributed by atoms with E-state index in [-0.39, 0.29) is 17.1 Å². The molecule has 0 saturated carbocycles. The fraction of sp³-hybridized carbons (Fsp3) is 0.500. The van der Waals surface area contributed by atoms with E-state index in [1.165, 1.54) is 13.2 Å². The van der Waals surface area contributed by atoms with Crippen LogP contribution in [0.1, 0.15) is 12.8 Å². The molecule has 0 aliphatic carbocycles. The van der Waals surface area contributed by atoms with Crippen LogP contribution in [0.5, 0.6) is 5.75 Å². The van der Waals surface area contributed by atoms with Gasteiger partial charge in [0.15, 0.2) is 11.6 Å². The van der Waals surface area contributed by atoms with E-state index in [9.17, 15) is 14.5 Å². The van der Waals surface area contributed by atoms with Crippen molar-refractivity contribution in [2.75, 3.05) is 25.5 Å². The zero-order valence-corrected chi connectivity index (χ0v) is 10.6. The van der Waals surface area contributed by atoms with Crippen molar-refractivity contribution in [3.63, 3.8) is 0 Å². The van der Waals surface area contributed by atoms with Crippen molar-refractivity contribution < 1.29 is 14.1 Å². The number of hydrogen-bond donors (Lipinski definition) is 2. The molecule has 1 aromatic rings. The molecule has 1 heterocycles. The van der Waals surface area contributed by atoms with Crippen LogP contribution in [0.2, 0.25) is 0 Å². The molecule has 0 radical (unpaired) electrons. The lowest BCUT2D eigenvalue weighted by Gasteiger charge is -2.14. The van der Waals surface area contributed by atoms with Crippen LogP contribution in [0, 0.1) is 15.9 Å². The zero-order valence-electron chi connectivity index (χ0n) is 10.6. The minimum Gasteiger partial charge on any atom is -0.490 e. The van der Waals surface area contributed by atoms with Crippen molar-refractivity contribution in [2.45, 2.75) is 18.9 Å². The SMILES string of the molecule is COc1cc(NCC2CCCN2)c(F)cc1[N+](=O)[O-]. The fourth-order valence-electron chi connectivity index (χ4n) is 2.15. The summed E-state index contributed by atoms with van der Waals surface area (Å²) < 4.78 is 18.7. The molecule has 2 rings (SSSR count). The highest BCUT2D eigenvalue weighted by Gasteiger charge is 2.20. The maximum Gasteiger partial charge on any atom is 0.313 e. The molecule has 0 aromatic heterocycles. The van der Waals surface area contributed by atoms with Gasteiger partial charge >= 0.3 is 5.69 Å². The van der Waals surface area contributed by atoms with E-state index in [2.05, 4.69) is 10.6 Å². The zero-order chi connectivity index (χ0) is 13.8. The monoisotopic (exact) mass is 269 g/mol. The van der Waals surface area contributed by atoms with Crippen molar-refractivity contribution in [3.05, 3.63) is 28.1 Å². The maximum absolute atomic E-state index is 13.8. The first-order valence-corrected chi connectivity index (χ1v) is 6.11. The van der Waals surface area contributed by atoms with Crippen LogP contribution in [-0.2, 0) is 0 Å². The Morgan fingerprint density at radius 3 is 3.00 bits per heavy atom. The van der Waals surface area contributed by atoms with Crippen LogP contribution in [0.15, 0.2) is 12.1 Å². The second-order valence-electron chi connectivity index (χ2n) is 4.44. The lowest BCUT2D eigenvalue weighted by molar-refractivity contribution is -0.385. The number of nitro groups is 1. The van der Waals surface area contributed by atoms with E-state index in [1.807, 2.05) is 0 Å². The predicted molar refractivity (Wildman–Crippen MR) is 69.1 cm³/mol. The summed E-state index contributed by atoms with van der Waals surface area (Å²) in [4.78, 5) is 10.1. The van der Waals surface area contributed by atoms with E-state index in [1.54, 1.807) is 0 Å². The van der Waals surface area contributed by atoms with Gasteiger partial charge in [-0.1, -0.05) is 0 Å². The minimum absolute atomic E-state index is 0.0493. The number of anilines is 1. The molecule has 7 heteroatoms. The Kier molecular flexibility index (Phi) is 4.16. The third kappa shape index (κ3) is 3.11. The van der Waals surface area contributed by atoms with Gasteiger partial charge in [-0.25, -0.2) is 4.39 Å². The van der Waals surface area contributed by atoms with Crippen LogP contribution in [-0.4, -0.2) is 31.2 Å². The number of nitro benzene ring substituents is 1. The first-order valence-electron chi connectivity index (χ1n) is 6.11. The van der Waals surface area contributed by atoms with Gasteiger partial charge in [-0.2, -0.15) is 0 Å². The minimum atomic E-state index is -0.662. The van der Waals surface area contributed by atoms with Crippen LogP contribution in [0.25, 0.3) is 0 Å². The molecule has 1 saturated heterocycles. The van der Waals surface area contributed by atoms with Crippen LogP contribution in [0.4, 0.5) is 15.8 Å². The molecular weight excluding hydrogens is 253 g/mol. The van der Waals surface area contributed by atoms with E-state index in [0.29, 0.717) is 12.6 Å². The molecule has 1 aromatic carbocycles. The molecule has 1 aliphatic rings. The summed E-state index contributed by atoms with van der Waals surface area (Å²) in [5.41, 5.74) is -0.152. The van der Waals surface area contributed by atoms with Crippen molar-refractivity contribution >= 4 is 11.4 Å². The summed E-state index contributed by atoms with van der Waals surface area (Å²) in [5, 5.41) is 17.0. The van der Waals surface area contributed by atoms with Crippen LogP contribution >= 0.6 is 0 Å². The molecule has 1 aliphatic heterocycles. The second-order valence-corrected chi connectivity index (χ2v) is 4.44. The van der Waals surface area contributed by atoms with Crippen LogP contribution < -0.4 is 15.4 Å². The van der Waals surface area contributed by atoms with Crippen molar-refractivity contribution in [2.24, 2.45) is 0 Å². The Bertz CT molecular complexity index is 476. The Morgan fingerprint density at radius 1 is 1.63 bits per heavy atom. The van der Waals surface area contributed by atoms with E-state index >= 15 is 0 Å². The van der Waals surface area contributed by atoms with Gasteiger partial charge in [-0.05, 0) is 19.4 Å². The Hall–Kier alpha value is -1.89. The molecule has 6 nitrogen and oxygen atoms in total. The number of rotatable bonds is 5. The molecule has 104 valence electrons. The molecular formula is C12H16FN3O3. The number of halogens is 1. The summed E-state index contributed by atoms with van der Waals surface area (Å²) in [6, 6.07) is 2.51. The molecule has 0 bridgehead atoms. The van der Waals surface area contributed by atoms with Gasteiger partial charge in [0.2, 0.25) is 0 Å². The molecule has 1 unspecified atom stereocenters. The Labute approximate surface area is 110 Å². The third-order valence-corrected chi connectivity index (χ3v) is 3.17. The quantitative estimate of drug-likeness (QED) is 0.630. The summed E-state index contributed by atoms with van der Waals surface area (Å²) >= 11 is 0. The summed E-state index contributed by atoms with van der Waals surface area (Å²) in [6.45, 7) is 1.55. The molecule has 1 atom stereocenters. The van der Waals surface area contributed by atoms with Crippen molar-refractivity contribution in [1.29, 1.82) is 0 Å². The predicted octanol–water partition coefficient (Wildman–Crippen LogP) is 1.91. The summed E-state index contributed by atoms with van der Waals surface area (Å²) in [7, 11) is 1.32. The van der Waals surface area contributed by atoms with Crippen molar-refractivity contribution in [3.8, 4) is 5.75 Å². The summed E-state index contributed by atoms with van der Waals surface area (Å²) in [6.07, 6.45) is 2.15. The standard InChI is InChI=1S/C12H16FN3O3/c1-19-12-6-10(9(13)5-11(12)16(17)18)15-7-8-3-2-4-14-8/h5-6,8,14-15H,2-4,7H2,1H3. The molecule has 19 heavy (non-hydrogen) atoms. The van der Waals surface area contributed by atoms with Crippen LogP contribution in [0.3, 0.4) is 0 Å². The number of hydrogen-bond acceptors (Lipinski definition) is 5. The van der Waals surface area contributed by atoms with Gasteiger partial charge in [0.1, 0.15) is 0 Å². The highest BCUT2D eigenvalue weighted by atomic mass is 19.1. The third-order valence-electron chi connectivity index (χ3n) is 3.17. The smallest absolute Gasteiger partial charge is 0.313 e. The molecule has 1 fully saturated rings. The van der Waals surface area contributed by atoms with Crippen molar-refractivity contribution in [1.82, 2.24) is 5.32 Å². The number of nitrogens with one attached hydrogen (secondary N) is 2. The van der Waals surface area contributed by atoms with Gasteiger partial charge in [0, 0.05) is 18.7 Å². The Balaban J connectivity index is 2.13. The molecule has 0 amide bonds. The van der Waals surface area contributed by atoms with Gasteiger partial charge in [0.25, 0.3) is 0 Å². The topological polar surface area (TPSA) is 76.4 Å². The maximum atomic E-state index is 13.8. The molecule has 2 N–H and O–H groups in total. The van der Waals surface area contributed by atoms with Gasteiger partial charge < -0.3 is 15.4 Å². The lowest BCUT2D eigenvalue weighted by atomic mass is 10.2. The second kappa shape index (κ2) is 5.83. The lowest BCUT2D eigenvalue weighted by Crippen LogP contribution is -2.29. The average molecular weight is 269 g/mol. The van der Waals surface area contributed by atoms with Gasteiger partial charge in [0.05, 0.1) is 23.8 Å². The fourth-order valence-corrected chi connectivity index (χ4v) is 2.15. The largest absolute Gasteiger partial charge is 0.490 e. The molecule has 0 spiro atoms. The first kappa shape index (κ1) is 13.5. The number of methoxy groups -OCH3 is 1. The highest BCUT2D eigenvalue weighted by molar-refractivity contribution is 5.59. The van der Waals surface area contributed by atoms with E-state index in [0.717, 1.165) is 25.5 Å². The summed E-state index contributed by atoms with van der Waals surface area (Å²) in [5.74, 6) is -0.598.